The lowest BCUT2D eigenvalue weighted by atomic mass is 10.3. The van der Waals surface area contributed by atoms with Gasteiger partial charge in [-0.1, -0.05) is 11.8 Å². The average Bonchev–Trinajstić information content (AvgIpc) is 2.77. The zero-order valence-corrected chi connectivity index (χ0v) is 11.0. The first-order chi connectivity index (χ1) is 9.10. The van der Waals surface area contributed by atoms with Crippen molar-refractivity contribution in [2.24, 2.45) is 4.99 Å². The molecule has 19 heavy (non-hydrogen) atoms. The van der Waals surface area contributed by atoms with E-state index in [-0.39, 0.29) is 6.61 Å². The fourth-order valence-corrected chi connectivity index (χ4v) is 2.67. The molecule has 0 spiro atoms. The summed E-state index contributed by atoms with van der Waals surface area (Å²) >= 11 is 1.27. The van der Waals surface area contributed by atoms with E-state index in [9.17, 15) is 14.9 Å². The van der Waals surface area contributed by atoms with Crippen molar-refractivity contribution in [2.75, 3.05) is 26.0 Å². The Morgan fingerprint density at radius 3 is 3.11 bits per heavy atom. The molecule has 0 N–H and O–H groups in total. The Hall–Kier alpha value is -2.02. The van der Waals surface area contributed by atoms with E-state index in [0.717, 1.165) is 0 Å². The van der Waals surface area contributed by atoms with E-state index in [1.165, 1.54) is 18.9 Å². The Morgan fingerprint density at radius 2 is 2.53 bits per heavy atom. The smallest absolute Gasteiger partial charge is 0.329 e. The highest BCUT2D eigenvalue weighted by Gasteiger charge is 2.35. The number of thioether (sulfide) groups is 1. The summed E-state index contributed by atoms with van der Waals surface area (Å²) in [5, 5.41) is 18.1. The third-order valence-corrected chi connectivity index (χ3v) is 3.42. The predicted octanol–water partition coefficient (Wildman–Crippen LogP) is 0.0123. The van der Waals surface area contributed by atoms with Crippen molar-refractivity contribution in [1.29, 1.82) is 5.26 Å². The number of methoxy groups -OCH3 is 1. The first-order valence-electron chi connectivity index (χ1n) is 5.31. The van der Waals surface area contributed by atoms with E-state index in [2.05, 4.69) is 14.6 Å². The molecule has 9 nitrogen and oxygen atoms in total. The van der Waals surface area contributed by atoms with Crippen LogP contribution in [0.1, 0.15) is 6.42 Å². The van der Waals surface area contributed by atoms with Crippen LogP contribution in [0.2, 0.25) is 0 Å². The maximum Gasteiger partial charge on any atom is 0.329 e. The van der Waals surface area contributed by atoms with Crippen LogP contribution >= 0.6 is 11.8 Å². The first kappa shape index (κ1) is 15.0. The maximum atomic E-state index is 11.6. The number of carbonyl (C=O) groups excluding carboxylic acids is 1. The fraction of sp³-hybridized carbons (Fsp3) is 0.667. The van der Waals surface area contributed by atoms with Gasteiger partial charge in [0.05, 0.1) is 13.7 Å². The van der Waals surface area contributed by atoms with Gasteiger partial charge in [-0.05, 0) is 6.42 Å². The summed E-state index contributed by atoms with van der Waals surface area (Å²) in [6.45, 7) is 0.239. The molecule has 0 aromatic heterocycles. The Kier molecular flexibility index (Phi) is 5.87. The van der Waals surface area contributed by atoms with Gasteiger partial charge in [-0.15, -0.1) is 15.1 Å². The second kappa shape index (κ2) is 7.42. The third kappa shape index (κ3) is 4.29. The highest BCUT2D eigenvalue weighted by Crippen LogP contribution is 2.25. The van der Waals surface area contributed by atoms with Crippen LogP contribution in [0.4, 0.5) is 0 Å². The lowest BCUT2D eigenvalue weighted by Gasteiger charge is -2.23. The van der Waals surface area contributed by atoms with Crippen molar-refractivity contribution in [3.8, 4) is 6.19 Å². The number of amidine groups is 1. The standard InChI is InChI=1S/C9H12N4O5S/c1-17-8(14)7-5-19-9(11-6-10)12(7)3-2-4-18-13(15)16/h7H,2-5H2,1H3/t7-/m0/s1. The zero-order valence-electron chi connectivity index (χ0n) is 10.1. The highest BCUT2D eigenvalue weighted by atomic mass is 32.2. The minimum Gasteiger partial charge on any atom is -0.467 e. The molecular weight excluding hydrogens is 276 g/mol. The van der Waals surface area contributed by atoms with Crippen LogP contribution in [0.3, 0.4) is 0 Å². The van der Waals surface area contributed by atoms with Gasteiger partial charge in [0.2, 0.25) is 6.19 Å². The molecule has 1 fully saturated rings. The number of carbonyl (C=O) groups is 1. The monoisotopic (exact) mass is 288 g/mol. The van der Waals surface area contributed by atoms with Crippen LogP contribution in [-0.4, -0.2) is 53.2 Å². The van der Waals surface area contributed by atoms with Crippen molar-refractivity contribution in [3.05, 3.63) is 10.1 Å². The van der Waals surface area contributed by atoms with Gasteiger partial charge >= 0.3 is 5.97 Å². The van der Waals surface area contributed by atoms with E-state index in [4.69, 9.17) is 5.26 Å². The summed E-state index contributed by atoms with van der Waals surface area (Å²) < 4.78 is 4.66. The zero-order chi connectivity index (χ0) is 14.3. The molecule has 10 heteroatoms. The molecule has 0 unspecified atom stereocenters. The molecule has 0 saturated carbocycles. The topological polar surface area (TPSA) is 118 Å². The van der Waals surface area contributed by atoms with Crippen molar-refractivity contribution in [3.63, 3.8) is 0 Å². The van der Waals surface area contributed by atoms with E-state index in [1.807, 2.05) is 0 Å². The Labute approximate surface area is 113 Å². The molecule has 0 amide bonds. The van der Waals surface area contributed by atoms with Crippen LogP contribution in [0.5, 0.6) is 0 Å². The summed E-state index contributed by atoms with van der Waals surface area (Å²) in [5.41, 5.74) is 0. The molecule has 1 aliphatic rings. The SMILES string of the molecule is COC(=O)[C@@H]1CSC(=NC#N)N1CCCO[N+](=O)[O-]. The van der Waals surface area contributed by atoms with Crippen LogP contribution in [0.25, 0.3) is 0 Å². The van der Waals surface area contributed by atoms with Crippen molar-refractivity contribution in [2.45, 2.75) is 12.5 Å². The molecule has 104 valence electrons. The van der Waals surface area contributed by atoms with Crippen molar-refractivity contribution < 1.29 is 19.5 Å². The van der Waals surface area contributed by atoms with E-state index < -0.39 is 17.1 Å². The summed E-state index contributed by atoms with van der Waals surface area (Å²) in [7, 11) is 1.28. The number of aliphatic imine (C=N–C) groups is 1. The van der Waals surface area contributed by atoms with Gasteiger partial charge in [0.15, 0.2) is 5.17 Å². The lowest BCUT2D eigenvalue weighted by Crippen LogP contribution is -2.41. The second-order valence-electron chi connectivity index (χ2n) is 3.45. The van der Waals surface area contributed by atoms with Crippen LogP contribution in [-0.2, 0) is 14.4 Å². The molecule has 1 atom stereocenters. The lowest BCUT2D eigenvalue weighted by molar-refractivity contribution is -0.757. The number of ether oxygens (including phenoxy) is 1. The predicted molar refractivity (Wildman–Crippen MR) is 65.6 cm³/mol. The van der Waals surface area contributed by atoms with Crippen molar-refractivity contribution in [1.82, 2.24) is 4.90 Å². The number of esters is 1. The van der Waals surface area contributed by atoms with Crippen LogP contribution < -0.4 is 0 Å². The van der Waals surface area contributed by atoms with Gasteiger partial charge in [0.25, 0.3) is 5.09 Å². The summed E-state index contributed by atoms with van der Waals surface area (Å²) in [4.78, 5) is 31.0. The summed E-state index contributed by atoms with van der Waals surface area (Å²) in [5.74, 6) is 0.00866. The van der Waals surface area contributed by atoms with E-state index in [1.54, 1.807) is 11.1 Å². The number of hydrogen-bond donors (Lipinski definition) is 0. The molecule has 1 aliphatic heterocycles. The third-order valence-electron chi connectivity index (χ3n) is 2.35. The first-order valence-corrected chi connectivity index (χ1v) is 6.30. The van der Waals surface area contributed by atoms with Gasteiger partial charge in [-0.3, -0.25) is 0 Å². The molecule has 0 aromatic rings. The number of nitriles is 1. The Bertz CT molecular complexity index is 421. The maximum absolute atomic E-state index is 11.6. The minimum atomic E-state index is -0.874. The number of hydrogen-bond acceptors (Lipinski definition) is 8. The number of nitrogens with zero attached hydrogens (tertiary/aromatic N) is 4. The molecule has 1 rings (SSSR count). The molecule has 0 radical (unpaired) electrons. The molecule has 0 aromatic carbocycles. The Morgan fingerprint density at radius 1 is 1.79 bits per heavy atom. The average molecular weight is 288 g/mol. The van der Waals surface area contributed by atoms with Crippen molar-refractivity contribution >= 4 is 22.9 Å². The molecular formula is C9H12N4O5S. The number of rotatable bonds is 6. The molecule has 1 saturated heterocycles. The van der Waals surface area contributed by atoms with Gasteiger partial charge in [0, 0.05) is 12.3 Å². The Balaban J connectivity index is 2.60. The van der Waals surface area contributed by atoms with Crippen LogP contribution in [0.15, 0.2) is 4.99 Å². The van der Waals surface area contributed by atoms with Gasteiger partial charge in [-0.25, -0.2) is 4.79 Å². The highest BCUT2D eigenvalue weighted by molar-refractivity contribution is 8.14. The largest absolute Gasteiger partial charge is 0.467 e. The molecule has 1 heterocycles. The molecule has 0 aliphatic carbocycles. The van der Waals surface area contributed by atoms with E-state index >= 15 is 0 Å². The minimum absolute atomic E-state index is 0.0815. The second-order valence-corrected chi connectivity index (χ2v) is 4.44. The van der Waals surface area contributed by atoms with Gasteiger partial charge in [0.1, 0.15) is 6.04 Å². The molecule has 0 bridgehead atoms. The fourth-order valence-electron chi connectivity index (χ4n) is 1.56. The quantitative estimate of drug-likeness (QED) is 0.220. The summed E-state index contributed by atoms with van der Waals surface area (Å²) in [6, 6.07) is -0.530. The van der Waals surface area contributed by atoms with Gasteiger partial charge < -0.3 is 14.5 Å². The normalized spacial score (nSPS) is 20.1. The van der Waals surface area contributed by atoms with E-state index in [0.29, 0.717) is 23.9 Å². The summed E-state index contributed by atoms with van der Waals surface area (Å²) in [6.07, 6.45) is 1.99. The van der Waals surface area contributed by atoms with Crippen LogP contribution in [0, 0.1) is 21.6 Å². The van der Waals surface area contributed by atoms with Gasteiger partial charge in [-0.2, -0.15) is 5.26 Å².